The van der Waals surface area contributed by atoms with E-state index >= 15 is 0 Å². The van der Waals surface area contributed by atoms with E-state index in [1.54, 1.807) is 12.1 Å². The standard InChI is InChI=1S/C22H26ClFN2O/c1-2-21(16-6-4-3-5-7-16)25-22(27)17-10-12-26(13-11-17)15-18-8-9-19(23)14-20(18)24/h3-9,14,17,21H,2,10-13,15H2,1H3,(H,25,27)/t21-/m0/s1. The first-order chi connectivity index (χ1) is 13.1. The van der Waals surface area contributed by atoms with Gasteiger partial charge in [-0.1, -0.05) is 54.9 Å². The minimum atomic E-state index is -0.268. The molecule has 3 nitrogen and oxygen atoms in total. The average Bonchev–Trinajstić information content (AvgIpc) is 2.69. The molecule has 0 unspecified atom stereocenters. The molecule has 0 spiro atoms. The van der Waals surface area contributed by atoms with Crippen LogP contribution in [-0.4, -0.2) is 23.9 Å². The number of rotatable bonds is 6. The third-order valence-corrected chi connectivity index (χ3v) is 5.53. The van der Waals surface area contributed by atoms with Crippen molar-refractivity contribution in [3.05, 3.63) is 70.5 Å². The second-order valence-corrected chi connectivity index (χ2v) is 7.60. The molecule has 1 atom stereocenters. The molecule has 1 aliphatic heterocycles. The van der Waals surface area contributed by atoms with Crippen LogP contribution in [0.4, 0.5) is 4.39 Å². The fraction of sp³-hybridized carbons (Fsp3) is 0.409. The fourth-order valence-corrected chi connectivity index (χ4v) is 3.80. The zero-order chi connectivity index (χ0) is 19.2. The van der Waals surface area contributed by atoms with Crippen molar-refractivity contribution in [2.45, 2.75) is 38.8 Å². The number of hydrogen-bond donors (Lipinski definition) is 1. The molecule has 0 aromatic heterocycles. The number of nitrogens with one attached hydrogen (secondary N) is 1. The van der Waals surface area contributed by atoms with Gasteiger partial charge in [0, 0.05) is 23.0 Å². The van der Waals surface area contributed by atoms with Gasteiger partial charge in [0.1, 0.15) is 5.82 Å². The van der Waals surface area contributed by atoms with E-state index in [2.05, 4.69) is 29.3 Å². The maximum absolute atomic E-state index is 14.0. The number of likely N-dealkylation sites (tertiary alicyclic amines) is 1. The van der Waals surface area contributed by atoms with Crippen molar-refractivity contribution >= 4 is 17.5 Å². The van der Waals surface area contributed by atoms with Crippen LogP contribution in [0.2, 0.25) is 5.02 Å². The number of carbonyl (C=O) groups is 1. The molecular formula is C22H26ClFN2O. The lowest BCUT2D eigenvalue weighted by molar-refractivity contribution is -0.127. The second kappa shape index (κ2) is 9.34. The summed E-state index contributed by atoms with van der Waals surface area (Å²) >= 11 is 5.81. The summed E-state index contributed by atoms with van der Waals surface area (Å²) in [5.41, 5.74) is 1.79. The molecule has 1 fully saturated rings. The van der Waals surface area contributed by atoms with E-state index in [1.165, 1.54) is 6.07 Å². The molecule has 0 radical (unpaired) electrons. The third-order valence-electron chi connectivity index (χ3n) is 5.29. The molecule has 3 rings (SSSR count). The van der Waals surface area contributed by atoms with Crippen LogP contribution < -0.4 is 5.32 Å². The van der Waals surface area contributed by atoms with E-state index < -0.39 is 0 Å². The van der Waals surface area contributed by atoms with E-state index in [0.717, 1.165) is 37.9 Å². The fourth-order valence-electron chi connectivity index (χ4n) is 3.64. The summed E-state index contributed by atoms with van der Waals surface area (Å²) in [6.45, 7) is 4.23. The number of carbonyl (C=O) groups excluding carboxylic acids is 1. The van der Waals surface area contributed by atoms with Crippen LogP contribution in [0.25, 0.3) is 0 Å². The summed E-state index contributed by atoms with van der Waals surface area (Å²) in [7, 11) is 0. The summed E-state index contributed by atoms with van der Waals surface area (Å²) < 4.78 is 14.0. The Kier molecular flexibility index (Phi) is 6.86. The van der Waals surface area contributed by atoms with Crippen molar-refractivity contribution in [2.24, 2.45) is 5.92 Å². The van der Waals surface area contributed by atoms with Crippen LogP contribution >= 0.6 is 11.6 Å². The van der Waals surface area contributed by atoms with E-state index in [-0.39, 0.29) is 23.7 Å². The van der Waals surface area contributed by atoms with Crippen LogP contribution in [0.15, 0.2) is 48.5 Å². The minimum absolute atomic E-state index is 0.0223. The van der Waals surface area contributed by atoms with Crippen LogP contribution in [0.3, 0.4) is 0 Å². The molecule has 2 aromatic rings. The van der Waals surface area contributed by atoms with Crippen molar-refractivity contribution in [1.29, 1.82) is 0 Å². The number of halogens is 2. The quantitative estimate of drug-likeness (QED) is 0.758. The number of nitrogens with zero attached hydrogens (tertiary/aromatic N) is 1. The van der Waals surface area contributed by atoms with Crippen molar-refractivity contribution in [2.75, 3.05) is 13.1 Å². The first-order valence-electron chi connectivity index (χ1n) is 9.58. The third kappa shape index (κ3) is 5.30. The largest absolute Gasteiger partial charge is 0.349 e. The van der Waals surface area contributed by atoms with Gasteiger partial charge in [-0.25, -0.2) is 4.39 Å². The molecule has 27 heavy (non-hydrogen) atoms. The Hall–Kier alpha value is -1.91. The van der Waals surface area contributed by atoms with Crippen LogP contribution in [0, 0.1) is 11.7 Å². The monoisotopic (exact) mass is 388 g/mol. The Morgan fingerprint density at radius 1 is 1.22 bits per heavy atom. The number of benzene rings is 2. The molecule has 1 amide bonds. The summed E-state index contributed by atoms with van der Waals surface area (Å²) in [5.74, 6) is -0.117. The molecule has 144 valence electrons. The summed E-state index contributed by atoms with van der Waals surface area (Å²) in [6.07, 6.45) is 2.46. The van der Waals surface area contributed by atoms with Gasteiger partial charge in [-0.05, 0) is 50.0 Å². The highest BCUT2D eigenvalue weighted by atomic mass is 35.5. The molecule has 2 aromatic carbocycles. The van der Waals surface area contributed by atoms with E-state index in [4.69, 9.17) is 11.6 Å². The molecule has 1 heterocycles. The van der Waals surface area contributed by atoms with Gasteiger partial charge in [0.25, 0.3) is 0 Å². The van der Waals surface area contributed by atoms with Crippen molar-refractivity contribution in [3.8, 4) is 0 Å². The lowest BCUT2D eigenvalue weighted by Crippen LogP contribution is -2.41. The topological polar surface area (TPSA) is 32.3 Å². The summed E-state index contributed by atoms with van der Waals surface area (Å²) in [4.78, 5) is 14.9. The van der Waals surface area contributed by atoms with Gasteiger partial charge in [0.05, 0.1) is 6.04 Å². The molecule has 1 aliphatic rings. The predicted molar refractivity (Wildman–Crippen MR) is 107 cm³/mol. The molecule has 0 bridgehead atoms. The van der Waals surface area contributed by atoms with Gasteiger partial charge in [-0.15, -0.1) is 0 Å². The van der Waals surface area contributed by atoms with Gasteiger partial charge in [-0.3, -0.25) is 9.69 Å². The Balaban J connectivity index is 1.51. The Bertz CT molecular complexity index is 760. The lowest BCUT2D eigenvalue weighted by Gasteiger charge is -2.32. The van der Waals surface area contributed by atoms with Gasteiger partial charge in [0.15, 0.2) is 0 Å². The molecule has 5 heteroatoms. The number of piperidine rings is 1. The predicted octanol–water partition coefficient (Wildman–Crippen LogP) is 4.96. The van der Waals surface area contributed by atoms with Crippen molar-refractivity contribution < 1.29 is 9.18 Å². The van der Waals surface area contributed by atoms with Crippen molar-refractivity contribution in [1.82, 2.24) is 10.2 Å². The first kappa shape index (κ1) is 19.8. The maximum Gasteiger partial charge on any atom is 0.223 e. The Morgan fingerprint density at radius 2 is 1.93 bits per heavy atom. The minimum Gasteiger partial charge on any atom is -0.349 e. The number of hydrogen-bond acceptors (Lipinski definition) is 2. The maximum atomic E-state index is 14.0. The van der Waals surface area contributed by atoms with Gasteiger partial charge in [-0.2, -0.15) is 0 Å². The Labute approximate surface area is 165 Å². The molecule has 1 N–H and O–H groups in total. The zero-order valence-corrected chi connectivity index (χ0v) is 16.4. The van der Waals surface area contributed by atoms with E-state index in [9.17, 15) is 9.18 Å². The average molecular weight is 389 g/mol. The van der Waals surface area contributed by atoms with Crippen molar-refractivity contribution in [3.63, 3.8) is 0 Å². The smallest absolute Gasteiger partial charge is 0.223 e. The van der Waals surface area contributed by atoms with Gasteiger partial charge < -0.3 is 5.32 Å². The first-order valence-corrected chi connectivity index (χ1v) is 9.96. The molecule has 0 aliphatic carbocycles. The normalized spacial score (nSPS) is 16.9. The van der Waals surface area contributed by atoms with Gasteiger partial charge in [0.2, 0.25) is 5.91 Å². The SMILES string of the molecule is CC[C@H](NC(=O)C1CCN(Cc2ccc(Cl)cc2F)CC1)c1ccccc1. The Morgan fingerprint density at radius 3 is 2.56 bits per heavy atom. The highest BCUT2D eigenvalue weighted by Gasteiger charge is 2.26. The molecule has 0 saturated carbocycles. The lowest BCUT2D eigenvalue weighted by atomic mass is 9.94. The molecular weight excluding hydrogens is 363 g/mol. The van der Waals surface area contributed by atoms with E-state index in [0.29, 0.717) is 17.1 Å². The number of amides is 1. The summed E-state index contributed by atoms with van der Waals surface area (Å²) in [6, 6.07) is 15.0. The molecule has 1 saturated heterocycles. The zero-order valence-electron chi connectivity index (χ0n) is 15.6. The highest BCUT2D eigenvalue weighted by Crippen LogP contribution is 2.23. The van der Waals surface area contributed by atoms with Gasteiger partial charge >= 0.3 is 0 Å². The van der Waals surface area contributed by atoms with E-state index in [1.807, 2.05) is 18.2 Å². The van der Waals surface area contributed by atoms with Crippen LogP contribution in [0.5, 0.6) is 0 Å². The van der Waals surface area contributed by atoms with Crippen LogP contribution in [0.1, 0.15) is 43.4 Å². The summed E-state index contributed by atoms with van der Waals surface area (Å²) in [5, 5.41) is 3.61. The highest BCUT2D eigenvalue weighted by molar-refractivity contribution is 6.30. The van der Waals surface area contributed by atoms with Crippen LogP contribution in [-0.2, 0) is 11.3 Å². The second-order valence-electron chi connectivity index (χ2n) is 7.17.